The van der Waals surface area contributed by atoms with E-state index in [4.69, 9.17) is 0 Å². The molecule has 0 fully saturated rings. The van der Waals surface area contributed by atoms with Gasteiger partial charge in [-0.3, -0.25) is 10.1 Å². The quantitative estimate of drug-likeness (QED) is 0.664. The van der Waals surface area contributed by atoms with Gasteiger partial charge < -0.3 is 5.32 Å². The van der Waals surface area contributed by atoms with Crippen LogP contribution in [0.25, 0.3) is 0 Å². The zero-order chi connectivity index (χ0) is 13.7. The van der Waals surface area contributed by atoms with Crippen molar-refractivity contribution in [2.75, 3.05) is 0 Å². The van der Waals surface area contributed by atoms with Gasteiger partial charge >= 0.3 is 0 Å². The fourth-order valence-electron chi connectivity index (χ4n) is 1.78. The van der Waals surface area contributed by atoms with E-state index >= 15 is 0 Å². The third-order valence-electron chi connectivity index (χ3n) is 2.67. The molecule has 19 heavy (non-hydrogen) atoms. The van der Waals surface area contributed by atoms with Crippen LogP contribution in [0.2, 0.25) is 0 Å². The molecule has 5 heteroatoms. The normalized spacial score (nSPS) is 10.4. The Bertz CT molecular complexity index is 587. The highest BCUT2D eigenvalue weighted by atomic mass is 19.1. The number of benzene rings is 2. The van der Waals surface area contributed by atoms with E-state index in [9.17, 15) is 14.5 Å². The predicted octanol–water partition coefficient (Wildman–Crippen LogP) is 3.02. The van der Waals surface area contributed by atoms with E-state index in [1.54, 1.807) is 12.1 Å². The van der Waals surface area contributed by atoms with Crippen molar-refractivity contribution < 1.29 is 9.31 Å². The monoisotopic (exact) mass is 260 g/mol. The fourth-order valence-corrected chi connectivity index (χ4v) is 1.78. The smallest absolute Gasteiger partial charge is 0.269 e. The van der Waals surface area contributed by atoms with Crippen molar-refractivity contribution in [2.45, 2.75) is 13.1 Å². The molecule has 0 bridgehead atoms. The highest BCUT2D eigenvalue weighted by Crippen LogP contribution is 2.13. The van der Waals surface area contributed by atoms with Gasteiger partial charge in [0.15, 0.2) is 0 Å². The molecule has 0 heterocycles. The van der Waals surface area contributed by atoms with Crippen molar-refractivity contribution >= 4 is 5.69 Å². The lowest BCUT2D eigenvalue weighted by Gasteiger charge is -2.05. The molecule has 0 unspecified atom stereocenters. The summed E-state index contributed by atoms with van der Waals surface area (Å²) in [6, 6.07) is 12.8. The zero-order valence-electron chi connectivity index (χ0n) is 10.2. The first-order chi connectivity index (χ1) is 9.15. The second kappa shape index (κ2) is 6.06. The predicted molar refractivity (Wildman–Crippen MR) is 70.0 cm³/mol. The van der Waals surface area contributed by atoms with Gasteiger partial charge in [0, 0.05) is 25.2 Å². The van der Waals surface area contributed by atoms with Crippen molar-refractivity contribution in [1.29, 1.82) is 0 Å². The number of nitro groups is 1. The molecule has 0 atom stereocenters. The number of nitro benzene ring substituents is 1. The maximum Gasteiger partial charge on any atom is 0.269 e. The molecule has 2 rings (SSSR count). The largest absolute Gasteiger partial charge is 0.309 e. The minimum Gasteiger partial charge on any atom is -0.309 e. The van der Waals surface area contributed by atoms with E-state index in [0.717, 1.165) is 11.1 Å². The van der Waals surface area contributed by atoms with Gasteiger partial charge in [-0.1, -0.05) is 24.3 Å². The average molecular weight is 260 g/mol. The topological polar surface area (TPSA) is 55.2 Å². The number of hydrogen-bond donors (Lipinski definition) is 1. The first kappa shape index (κ1) is 13.2. The zero-order valence-corrected chi connectivity index (χ0v) is 10.2. The molecular weight excluding hydrogens is 247 g/mol. The van der Waals surface area contributed by atoms with Crippen molar-refractivity contribution in [3.8, 4) is 0 Å². The molecule has 0 amide bonds. The van der Waals surface area contributed by atoms with E-state index in [2.05, 4.69) is 5.32 Å². The second-order valence-electron chi connectivity index (χ2n) is 4.16. The summed E-state index contributed by atoms with van der Waals surface area (Å²) in [6.07, 6.45) is 0. The molecule has 0 saturated carbocycles. The van der Waals surface area contributed by atoms with E-state index in [-0.39, 0.29) is 11.5 Å². The molecule has 0 aliphatic carbocycles. The van der Waals surface area contributed by atoms with E-state index in [1.165, 1.54) is 24.3 Å². The van der Waals surface area contributed by atoms with Gasteiger partial charge in [-0.15, -0.1) is 0 Å². The maximum absolute atomic E-state index is 13.0. The van der Waals surface area contributed by atoms with Gasteiger partial charge in [0.2, 0.25) is 0 Å². The molecule has 0 saturated heterocycles. The number of rotatable bonds is 5. The van der Waals surface area contributed by atoms with Gasteiger partial charge in [0.05, 0.1) is 4.92 Å². The summed E-state index contributed by atoms with van der Waals surface area (Å²) in [6.45, 7) is 1.01. The van der Waals surface area contributed by atoms with Crippen LogP contribution in [-0.4, -0.2) is 4.92 Å². The van der Waals surface area contributed by atoms with Crippen LogP contribution in [0.3, 0.4) is 0 Å². The van der Waals surface area contributed by atoms with Crippen LogP contribution in [0.5, 0.6) is 0 Å². The first-order valence-corrected chi connectivity index (χ1v) is 5.83. The molecule has 0 aliphatic heterocycles. The van der Waals surface area contributed by atoms with Crippen molar-refractivity contribution in [3.63, 3.8) is 0 Å². The summed E-state index contributed by atoms with van der Waals surface area (Å²) >= 11 is 0. The highest BCUT2D eigenvalue weighted by Gasteiger charge is 2.05. The Morgan fingerprint density at radius 3 is 2.32 bits per heavy atom. The number of nitrogens with zero attached hydrogens (tertiary/aromatic N) is 1. The van der Waals surface area contributed by atoms with E-state index < -0.39 is 4.92 Å². The summed E-state index contributed by atoms with van der Waals surface area (Å²) in [5, 5.41) is 13.8. The highest BCUT2D eigenvalue weighted by molar-refractivity contribution is 5.34. The molecule has 2 aromatic rings. The average Bonchev–Trinajstić information content (AvgIpc) is 2.39. The van der Waals surface area contributed by atoms with Crippen molar-refractivity contribution in [3.05, 3.63) is 75.6 Å². The number of hydrogen-bond acceptors (Lipinski definition) is 3. The number of halogens is 1. The molecule has 0 spiro atoms. The van der Waals surface area contributed by atoms with Gasteiger partial charge in [-0.05, 0) is 23.3 Å². The molecule has 0 aliphatic rings. The summed E-state index contributed by atoms with van der Waals surface area (Å²) in [5.41, 5.74) is 1.74. The lowest BCUT2D eigenvalue weighted by atomic mass is 10.2. The van der Waals surface area contributed by atoms with Gasteiger partial charge in [0.1, 0.15) is 5.82 Å². The molecule has 0 radical (unpaired) electrons. The van der Waals surface area contributed by atoms with Gasteiger partial charge in [-0.2, -0.15) is 0 Å². The van der Waals surface area contributed by atoms with Crippen LogP contribution in [0.1, 0.15) is 11.1 Å². The Morgan fingerprint density at radius 1 is 1.05 bits per heavy atom. The van der Waals surface area contributed by atoms with Crippen molar-refractivity contribution in [2.24, 2.45) is 0 Å². The Balaban J connectivity index is 1.92. The van der Waals surface area contributed by atoms with Crippen LogP contribution in [0.4, 0.5) is 10.1 Å². The third-order valence-corrected chi connectivity index (χ3v) is 2.67. The Morgan fingerprint density at radius 2 is 1.68 bits per heavy atom. The summed E-state index contributed by atoms with van der Waals surface area (Å²) in [4.78, 5) is 10.2. The van der Waals surface area contributed by atoms with Crippen LogP contribution >= 0.6 is 0 Å². The SMILES string of the molecule is O=[N+]([O-])c1cccc(CNCc2cccc(F)c2)c1. The molecule has 98 valence electrons. The summed E-state index contributed by atoms with van der Waals surface area (Å²) < 4.78 is 13.0. The van der Waals surface area contributed by atoms with Gasteiger partial charge in [-0.25, -0.2) is 4.39 Å². The first-order valence-electron chi connectivity index (χ1n) is 5.83. The summed E-state index contributed by atoms with van der Waals surface area (Å²) in [5.74, 6) is -0.269. The molecule has 2 aromatic carbocycles. The van der Waals surface area contributed by atoms with Crippen LogP contribution in [-0.2, 0) is 13.1 Å². The standard InChI is InChI=1S/C14H13FN2O2/c15-13-5-1-3-11(7-13)9-16-10-12-4-2-6-14(8-12)17(18)19/h1-8,16H,9-10H2. The van der Waals surface area contributed by atoms with E-state index in [0.29, 0.717) is 13.1 Å². The van der Waals surface area contributed by atoms with Crippen LogP contribution < -0.4 is 5.32 Å². The third kappa shape index (κ3) is 3.86. The number of non-ortho nitro benzene ring substituents is 1. The molecular formula is C14H13FN2O2. The Kier molecular flexibility index (Phi) is 4.20. The molecule has 0 aromatic heterocycles. The van der Waals surface area contributed by atoms with Crippen LogP contribution in [0.15, 0.2) is 48.5 Å². The minimum absolute atomic E-state index is 0.0741. The lowest BCUT2D eigenvalue weighted by Crippen LogP contribution is -2.12. The fraction of sp³-hybridized carbons (Fsp3) is 0.143. The second-order valence-corrected chi connectivity index (χ2v) is 4.16. The minimum atomic E-state index is -0.421. The maximum atomic E-state index is 13.0. The van der Waals surface area contributed by atoms with E-state index in [1.807, 2.05) is 12.1 Å². The van der Waals surface area contributed by atoms with Gasteiger partial charge in [0.25, 0.3) is 5.69 Å². The van der Waals surface area contributed by atoms with Crippen molar-refractivity contribution in [1.82, 2.24) is 5.32 Å². The Hall–Kier alpha value is -2.27. The summed E-state index contributed by atoms with van der Waals surface area (Å²) in [7, 11) is 0. The van der Waals surface area contributed by atoms with Crippen LogP contribution in [0, 0.1) is 15.9 Å². The molecule has 4 nitrogen and oxygen atoms in total. The molecule has 1 N–H and O–H groups in total. The Labute approximate surface area is 110 Å². The lowest BCUT2D eigenvalue weighted by molar-refractivity contribution is -0.384. The number of nitrogens with one attached hydrogen (secondary N) is 1.